The Hall–Kier alpha value is -0.830. The van der Waals surface area contributed by atoms with Crippen LogP contribution in [0.15, 0.2) is 41.4 Å². The minimum absolute atomic E-state index is 0.0321. The third kappa shape index (κ3) is 1.88. The largest absolute Gasteiger partial charge is 0.370 e. The van der Waals surface area contributed by atoms with Gasteiger partial charge in [0.25, 0.3) is 0 Å². The Morgan fingerprint density at radius 2 is 2.12 bits per heavy atom. The van der Waals surface area contributed by atoms with Gasteiger partial charge in [0.15, 0.2) is 0 Å². The zero-order valence-corrected chi connectivity index (χ0v) is 9.56. The molecule has 0 radical (unpaired) electrons. The predicted octanol–water partition coefficient (Wildman–Crippen LogP) is 2.87. The summed E-state index contributed by atoms with van der Waals surface area (Å²) in [5.41, 5.74) is 1.19. The Labute approximate surface area is 99.8 Å². The molecule has 1 aromatic rings. The van der Waals surface area contributed by atoms with Gasteiger partial charge in [-0.25, -0.2) is 0 Å². The first-order chi connectivity index (χ1) is 7.83. The fourth-order valence-electron chi connectivity index (χ4n) is 2.24. The molecule has 2 bridgehead atoms. The summed E-state index contributed by atoms with van der Waals surface area (Å²) < 4.78 is 11.5. The van der Waals surface area contributed by atoms with Gasteiger partial charge in [-0.3, -0.25) is 0 Å². The highest BCUT2D eigenvalue weighted by atomic mass is 35.5. The number of rotatable bonds is 3. The van der Waals surface area contributed by atoms with Crippen molar-refractivity contribution < 1.29 is 9.47 Å². The highest BCUT2D eigenvalue weighted by molar-refractivity contribution is 6.30. The van der Waals surface area contributed by atoms with E-state index in [2.05, 4.69) is 12.1 Å². The molecule has 2 nitrogen and oxygen atoms in total. The van der Waals surface area contributed by atoms with Crippen LogP contribution < -0.4 is 0 Å². The van der Waals surface area contributed by atoms with Gasteiger partial charge in [0.1, 0.15) is 6.10 Å². The lowest BCUT2D eigenvalue weighted by molar-refractivity contribution is 0.00218. The van der Waals surface area contributed by atoms with E-state index in [-0.39, 0.29) is 18.3 Å². The highest BCUT2D eigenvalue weighted by Crippen LogP contribution is 2.37. The van der Waals surface area contributed by atoms with Gasteiger partial charge in [-0.05, 0) is 11.6 Å². The highest BCUT2D eigenvalue weighted by Gasteiger charge is 2.42. The van der Waals surface area contributed by atoms with Gasteiger partial charge in [0, 0.05) is 11.5 Å². The van der Waals surface area contributed by atoms with Gasteiger partial charge in [-0.1, -0.05) is 41.9 Å². The summed E-state index contributed by atoms with van der Waals surface area (Å²) in [4.78, 5) is 0. The van der Waals surface area contributed by atoms with E-state index in [4.69, 9.17) is 21.1 Å². The van der Waals surface area contributed by atoms with Crippen molar-refractivity contribution in [1.29, 1.82) is 0 Å². The van der Waals surface area contributed by atoms with Gasteiger partial charge in [-0.15, -0.1) is 0 Å². The van der Waals surface area contributed by atoms with E-state index in [1.165, 1.54) is 5.56 Å². The average molecular weight is 237 g/mol. The lowest BCUT2D eigenvalue weighted by atomic mass is 10.0. The van der Waals surface area contributed by atoms with Crippen LogP contribution >= 0.6 is 11.6 Å². The maximum Gasteiger partial charge on any atom is 0.120 e. The fourth-order valence-corrected chi connectivity index (χ4v) is 2.57. The van der Waals surface area contributed by atoms with Crippen LogP contribution in [-0.4, -0.2) is 18.3 Å². The number of hydrogen-bond acceptors (Lipinski definition) is 2. The SMILES string of the molecule is ClC1=C[C@@H]2C[C@H](OCc3ccccc3)[C@H]1O2. The summed E-state index contributed by atoms with van der Waals surface area (Å²) >= 11 is 6.04. The van der Waals surface area contributed by atoms with Gasteiger partial charge in [0.2, 0.25) is 0 Å². The molecule has 1 saturated heterocycles. The van der Waals surface area contributed by atoms with E-state index in [1.54, 1.807) is 0 Å². The van der Waals surface area contributed by atoms with E-state index in [0.29, 0.717) is 6.61 Å². The second-order valence-electron chi connectivity index (χ2n) is 4.22. The molecule has 2 aliphatic heterocycles. The van der Waals surface area contributed by atoms with E-state index < -0.39 is 0 Å². The molecule has 3 heteroatoms. The molecule has 0 spiro atoms. The lowest BCUT2D eigenvalue weighted by Gasteiger charge is -2.18. The van der Waals surface area contributed by atoms with Crippen LogP contribution in [0.4, 0.5) is 0 Å². The van der Waals surface area contributed by atoms with E-state index in [0.717, 1.165) is 11.5 Å². The topological polar surface area (TPSA) is 18.5 Å². The van der Waals surface area contributed by atoms with Crippen LogP contribution in [0.25, 0.3) is 0 Å². The third-order valence-corrected chi connectivity index (χ3v) is 3.39. The Kier molecular flexibility index (Phi) is 2.72. The molecule has 84 valence electrons. The first-order valence-electron chi connectivity index (χ1n) is 5.51. The van der Waals surface area contributed by atoms with E-state index >= 15 is 0 Å². The molecule has 3 rings (SSSR count). The van der Waals surface area contributed by atoms with E-state index in [9.17, 15) is 0 Å². The molecule has 0 amide bonds. The van der Waals surface area contributed by atoms with Crippen molar-refractivity contribution in [3.63, 3.8) is 0 Å². The van der Waals surface area contributed by atoms with Gasteiger partial charge >= 0.3 is 0 Å². The minimum atomic E-state index is -0.0321. The van der Waals surface area contributed by atoms with Gasteiger partial charge < -0.3 is 9.47 Å². The third-order valence-electron chi connectivity index (χ3n) is 3.05. The minimum Gasteiger partial charge on any atom is -0.370 e. The maximum atomic E-state index is 6.04. The number of ether oxygens (including phenoxy) is 2. The first kappa shape index (κ1) is 10.3. The molecule has 3 atom stereocenters. The smallest absolute Gasteiger partial charge is 0.120 e. The summed E-state index contributed by atoms with van der Waals surface area (Å²) in [7, 11) is 0. The molecule has 1 aromatic carbocycles. The second kappa shape index (κ2) is 4.21. The summed E-state index contributed by atoms with van der Waals surface area (Å²) in [6.07, 6.45) is 3.15. The Bertz CT molecular complexity index is 402. The standard InChI is InChI=1S/C13H13ClO2/c14-11-6-10-7-12(13(11)16-10)15-8-9-4-2-1-3-5-9/h1-6,10,12-13H,7-8H2/t10-,12+,13+/m1/s1. The van der Waals surface area contributed by atoms with Crippen molar-refractivity contribution in [3.8, 4) is 0 Å². The van der Waals surface area contributed by atoms with Crippen LogP contribution in [-0.2, 0) is 16.1 Å². The van der Waals surface area contributed by atoms with Crippen LogP contribution in [0, 0.1) is 0 Å². The van der Waals surface area contributed by atoms with Crippen molar-refractivity contribution in [3.05, 3.63) is 47.0 Å². The lowest BCUT2D eigenvalue weighted by Crippen LogP contribution is -2.25. The number of benzene rings is 1. The summed E-state index contributed by atoms with van der Waals surface area (Å²) in [6, 6.07) is 10.2. The second-order valence-corrected chi connectivity index (χ2v) is 4.65. The molecular weight excluding hydrogens is 224 g/mol. The number of halogens is 1. The number of hydrogen-bond donors (Lipinski definition) is 0. The molecule has 2 aliphatic rings. The fraction of sp³-hybridized carbons (Fsp3) is 0.385. The van der Waals surface area contributed by atoms with Crippen molar-refractivity contribution in [1.82, 2.24) is 0 Å². The zero-order valence-electron chi connectivity index (χ0n) is 8.80. The molecule has 1 fully saturated rings. The zero-order chi connectivity index (χ0) is 11.0. The maximum absolute atomic E-state index is 6.04. The molecule has 0 unspecified atom stereocenters. The molecule has 2 heterocycles. The normalized spacial score (nSPS) is 31.8. The summed E-state index contributed by atoms with van der Waals surface area (Å²) in [5, 5.41) is 0.800. The number of fused-ring (bicyclic) bond motifs is 2. The Morgan fingerprint density at radius 1 is 1.31 bits per heavy atom. The van der Waals surface area contributed by atoms with Crippen LogP contribution in [0.3, 0.4) is 0 Å². The van der Waals surface area contributed by atoms with Crippen molar-refractivity contribution >= 4 is 11.6 Å². The monoisotopic (exact) mass is 236 g/mol. The molecular formula is C13H13ClO2. The average Bonchev–Trinajstić information content (AvgIpc) is 2.86. The van der Waals surface area contributed by atoms with E-state index in [1.807, 2.05) is 24.3 Å². The molecule has 0 N–H and O–H groups in total. The summed E-state index contributed by atoms with van der Waals surface area (Å²) in [5.74, 6) is 0. The van der Waals surface area contributed by atoms with Crippen molar-refractivity contribution in [2.24, 2.45) is 0 Å². The molecule has 16 heavy (non-hydrogen) atoms. The summed E-state index contributed by atoms with van der Waals surface area (Å²) in [6.45, 7) is 0.627. The van der Waals surface area contributed by atoms with Gasteiger partial charge in [-0.2, -0.15) is 0 Å². The Balaban J connectivity index is 1.60. The molecule has 0 saturated carbocycles. The molecule has 0 aromatic heterocycles. The van der Waals surface area contributed by atoms with Crippen molar-refractivity contribution in [2.75, 3.05) is 0 Å². The van der Waals surface area contributed by atoms with Crippen LogP contribution in [0.1, 0.15) is 12.0 Å². The van der Waals surface area contributed by atoms with Gasteiger partial charge in [0.05, 0.1) is 18.8 Å². The molecule has 0 aliphatic carbocycles. The van der Waals surface area contributed by atoms with Crippen LogP contribution in [0.5, 0.6) is 0 Å². The first-order valence-corrected chi connectivity index (χ1v) is 5.89. The predicted molar refractivity (Wildman–Crippen MR) is 62.2 cm³/mol. The van der Waals surface area contributed by atoms with Crippen molar-refractivity contribution in [2.45, 2.75) is 31.3 Å². The Morgan fingerprint density at radius 3 is 2.81 bits per heavy atom. The van der Waals surface area contributed by atoms with Crippen LogP contribution in [0.2, 0.25) is 0 Å². The quantitative estimate of drug-likeness (QED) is 0.804.